The van der Waals surface area contributed by atoms with Crippen molar-refractivity contribution < 1.29 is 0 Å². The molecule has 0 bridgehead atoms. The molecule has 0 rings (SSSR count). The first-order valence-electron chi connectivity index (χ1n) is 3.59. The standard InChI is InChI=1S/C4H10S.C2H5N.C2H6/c1-4(2,3)5;1-2-3;1-2/h5H,1-3H3;2-3H,1H3;1-2H3. The lowest BCUT2D eigenvalue weighted by molar-refractivity contribution is 0.812. The Hall–Kier alpha value is 0.0200. The zero-order valence-electron chi connectivity index (χ0n) is 8.02. The molecule has 0 atom stereocenters. The van der Waals surface area contributed by atoms with Gasteiger partial charge in [0.1, 0.15) is 0 Å². The van der Waals surface area contributed by atoms with Gasteiger partial charge in [-0.3, -0.25) is 0 Å². The fourth-order valence-electron chi connectivity index (χ4n) is 0. The lowest BCUT2D eigenvalue weighted by Gasteiger charge is -2.04. The fraction of sp³-hybridized carbons (Fsp3) is 0.875. The summed E-state index contributed by atoms with van der Waals surface area (Å²) in [5.41, 5.74) is 0. The van der Waals surface area contributed by atoms with Gasteiger partial charge in [-0.25, -0.2) is 0 Å². The SMILES string of the molecule is CC.CC(C)(C)S.CC=N. The van der Waals surface area contributed by atoms with Crippen molar-refractivity contribution >= 4 is 18.8 Å². The van der Waals surface area contributed by atoms with Crippen molar-refractivity contribution in [2.24, 2.45) is 0 Å². The molecule has 1 nitrogen and oxygen atoms in total. The predicted octanol–water partition coefficient (Wildman–Crippen LogP) is 3.40. The normalized spacial score (nSPS) is 7.90. The maximum absolute atomic E-state index is 6.08. The molecule has 0 aromatic rings. The van der Waals surface area contributed by atoms with Crippen LogP contribution in [0.5, 0.6) is 0 Å². The highest BCUT2D eigenvalue weighted by molar-refractivity contribution is 7.81. The van der Waals surface area contributed by atoms with E-state index in [4.69, 9.17) is 5.41 Å². The van der Waals surface area contributed by atoms with Gasteiger partial charge in [-0.05, 0) is 13.1 Å². The summed E-state index contributed by atoms with van der Waals surface area (Å²) in [5, 5.41) is 6.08. The van der Waals surface area contributed by atoms with E-state index >= 15 is 0 Å². The maximum atomic E-state index is 6.08. The first kappa shape index (κ1) is 16.5. The van der Waals surface area contributed by atoms with Crippen molar-refractivity contribution in [3.05, 3.63) is 0 Å². The summed E-state index contributed by atoms with van der Waals surface area (Å²) in [5.74, 6) is 0. The van der Waals surface area contributed by atoms with Gasteiger partial charge in [0.15, 0.2) is 0 Å². The van der Waals surface area contributed by atoms with Crippen LogP contribution in [-0.4, -0.2) is 11.0 Å². The van der Waals surface area contributed by atoms with Gasteiger partial charge in [0.2, 0.25) is 0 Å². The quantitative estimate of drug-likeness (QED) is 0.404. The van der Waals surface area contributed by atoms with E-state index in [0.717, 1.165) is 0 Å². The molecule has 0 unspecified atom stereocenters. The molecule has 0 spiro atoms. The second-order valence-corrected chi connectivity index (χ2v) is 3.80. The highest BCUT2D eigenvalue weighted by Gasteiger charge is 1.96. The molecule has 0 aromatic heterocycles. The zero-order valence-corrected chi connectivity index (χ0v) is 8.92. The fourth-order valence-corrected chi connectivity index (χ4v) is 0. The summed E-state index contributed by atoms with van der Waals surface area (Å²) >= 11 is 4.12. The molecule has 1 N–H and O–H groups in total. The minimum atomic E-state index is 0.194. The molecule has 0 aliphatic rings. The van der Waals surface area contributed by atoms with E-state index in [1.165, 1.54) is 6.21 Å². The Balaban J connectivity index is -0.0000000847. The molecule has 10 heavy (non-hydrogen) atoms. The molecule has 2 heteroatoms. The van der Waals surface area contributed by atoms with Crippen LogP contribution in [0, 0.1) is 5.41 Å². The first-order valence-corrected chi connectivity index (χ1v) is 4.04. The van der Waals surface area contributed by atoms with E-state index < -0.39 is 0 Å². The third-order valence-corrected chi connectivity index (χ3v) is 0. The molecule has 0 saturated heterocycles. The van der Waals surface area contributed by atoms with Crippen LogP contribution in [0.2, 0.25) is 0 Å². The van der Waals surface area contributed by atoms with Crippen LogP contribution >= 0.6 is 12.6 Å². The molecule has 0 aliphatic carbocycles. The molecule has 0 aliphatic heterocycles. The molecule has 0 aromatic carbocycles. The number of rotatable bonds is 0. The molecular formula is C8H21NS. The van der Waals surface area contributed by atoms with Crippen LogP contribution in [0.1, 0.15) is 41.5 Å². The van der Waals surface area contributed by atoms with Crippen molar-refractivity contribution in [2.75, 3.05) is 0 Å². The van der Waals surface area contributed by atoms with Gasteiger partial charge in [0, 0.05) is 4.75 Å². The van der Waals surface area contributed by atoms with E-state index in [2.05, 4.69) is 33.4 Å². The van der Waals surface area contributed by atoms with E-state index in [1.807, 2.05) is 13.8 Å². The van der Waals surface area contributed by atoms with Crippen molar-refractivity contribution in [1.82, 2.24) is 0 Å². The predicted molar refractivity (Wildman–Crippen MR) is 54.5 cm³/mol. The number of thiol groups is 1. The first-order chi connectivity index (χ1) is 4.41. The van der Waals surface area contributed by atoms with E-state index in [1.54, 1.807) is 6.92 Å². The minimum Gasteiger partial charge on any atom is -0.313 e. The van der Waals surface area contributed by atoms with Gasteiger partial charge in [0.25, 0.3) is 0 Å². The lowest BCUT2D eigenvalue weighted by atomic mass is 10.3. The third-order valence-electron chi connectivity index (χ3n) is 0. The molecule has 0 heterocycles. The lowest BCUT2D eigenvalue weighted by Crippen LogP contribution is -1.99. The highest BCUT2D eigenvalue weighted by Crippen LogP contribution is 2.07. The maximum Gasteiger partial charge on any atom is 0.00449 e. The van der Waals surface area contributed by atoms with Crippen molar-refractivity contribution in [3.63, 3.8) is 0 Å². The number of nitrogens with one attached hydrogen (secondary N) is 1. The largest absolute Gasteiger partial charge is 0.313 e. The van der Waals surface area contributed by atoms with E-state index in [9.17, 15) is 0 Å². The van der Waals surface area contributed by atoms with Crippen LogP contribution in [0.4, 0.5) is 0 Å². The van der Waals surface area contributed by atoms with Gasteiger partial charge in [-0.15, -0.1) is 0 Å². The summed E-state index contributed by atoms with van der Waals surface area (Å²) in [4.78, 5) is 0. The van der Waals surface area contributed by atoms with Gasteiger partial charge in [0.05, 0.1) is 0 Å². The van der Waals surface area contributed by atoms with Crippen molar-refractivity contribution in [3.8, 4) is 0 Å². The monoisotopic (exact) mass is 163 g/mol. The van der Waals surface area contributed by atoms with Crippen LogP contribution in [0.15, 0.2) is 0 Å². The van der Waals surface area contributed by atoms with Crippen LogP contribution in [-0.2, 0) is 0 Å². The highest BCUT2D eigenvalue weighted by atomic mass is 32.1. The summed E-state index contributed by atoms with van der Waals surface area (Å²) in [6.45, 7) is 11.8. The molecular weight excluding hydrogens is 142 g/mol. The Morgan fingerprint density at radius 1 is 1.20 bits per heavy atom. The second-order valence-electron chi connectivity index (χ2n) is 2.46. The van der Waals surface area contributed by atoms with Crippen molar-refractivity contribution in [1.29, 1.82) is 5.41 Å². The molecule has 0 fully saturated rings. The molecule has 0 saturated carbocycles. The topological polar surface area (TPSA) is 23.9 Å². The van der Waals surface area contributed by atoms with E-state index in [0.29, 0.717) is 0 Å². The Morgan fingerprint density at radius 3 is 1.20 bits per heavy atom. The molecule has 0 radical (unpaired) electrons. The summed E-state index contributed by atoms with van der Waals surface area (Å²) in [7, 11) is 0. The Bertz CT molecular complexity index is 48.8. The third kappa shape index (κ3) is 988000. The van der Waals surface area contributed by atoms with E-state index in [-0.39, 0.29) is 4.75 Å². The molecule has 0 amide bonds. The van der Waals surface area contributed by atoms with Crippen LogP contribution in [0.3, 0.4) is 0 Å². The Morgan fingerprint density at radius 2 is 1.20 bits per heavy atom. The second kappa shape index (κ2) is 11.8. The van der Waals surface area contributed by atoms with Crippen LogP contribution in [0.25, 0.3) is 0 Å². The van der Waals surface area contributed by atoms with Gasteiger partial charge >= 0.3 is 0 Å². The Labute approximate surface area is 71.1 Å². The van der Waals surface area contributed by atoms with Crippen LogP contribution < -0.4 is 0 Å². The van der Waals surface area contributed by atoms with Crippen molar-refractivity contribution in [2.45, 2.75) is 46.3 Å². The number of hydrogen-bond acceptors (Lipinski definition) is 2. The Kier molecular flexibility index (Phi) is 19.5. The summed E-state index contributed by atoms with van der Waals surface area (Å²) in [6.07, 6.45) is 1.25. The molecule has 64 valence electrons. The number of hydrogen-bond donors (Lipinski definition) is 2. The smallest absolute Gasteiger partial charge is 0.00449 e. The average Bonchev–Trinajstić information content (AvgIpc) is 1.68. The van der Waals surface area contributed by atoms with Gasteiger partial charge in [-0.2, -0.15) is 12.6 Å². The minimum absolute atomic E-state index is 0.194. The van der Waals surface area contributed by atoms with Gasteiger partial charge < -0.3 is 5.41 Å². The summed E-state index contributed by atoms with van der Waals surface area (Å²) in [6, 6.07) is 0. The average molecular weight is 163 g/mol. The zero-order chi connectivity index (χ0) is 9.21. The van der Waals surface area contributed by atoms with Gasteiger partial charge in [-0.1, -0.05) is 34.6 Å². The summed E-state index contributed by atoms with van der Waals surface area (Å²) < 4.78 is 0.194.